The van der Waals surface area contributed by atoms with Gasteiger partial charge in [0.1, 0.15) is 0 Å². The predicted octanol–water partition coefficient (Wildman–Crippen LogP) is 0.259. The molecule has 0 aliphatic carbocycles. The number of hydrogen-bond donors (Lipinski definition) is 1. The maximum atomic E-state index is 12.5. The Hall–Kier alpha value is -0.840. The van der Waals surface area contributed by atoms with Crippen LogP contribution in [0.5, 0.6) is 0 Å². The second-order valence-corrected chi connectivity index (χ2v) is 3.50. The van der Waals surface area contributed by atoms with Crippen LogP contribution in [0.25, 0.3) is 0 Å². The van der Waals surface area contributed by atoms with E-state index in [2.05, 4.69) is 5.32 Å². The molecule has 0 aromatic carbocycles. The molecular formula is C8H12ClFN2O2. The van der Waals surface area contributed by atoms with Crippen molar-refractivity contribution in [2.24, 2.45) is 0 Å². The minimum Gasteiger partial charge on any atom is -0.355 e. The summed E-state index contributed by atoms with van der Waals surface area (Å²) in [7, 11) is 0. The molecule has 1 atom stereocenters. The van der Waals surface area contributed by atoms with E-state index in [0.717, 1.165) is 17.7 Å². The van der Waals surface area contributed by atoms with Crippen molar-refractivity contribution < 1.29 is 14.0 Å². The standard InChI is InChI=1S/C8H12ClFN2O2/c9-7(10)8(14)12-4-2-1-3-11-6(13)5-12/h7H,1-5H2,(H,11,13). The summed E-state index contributed by atoms with van der Waals surface area (Å²) in [4.78, 5) is 23.4. The second-order valence-electron chi connectivity index (χ2n) is 3.12. The average molecular weight is 223 g/mol. The predicted molar refractivity (Wildman–Crippen MR) is 49.6 cm³/mol. The van der Waals surface area contributed by atoms with Crippen LogP contribution in [0.3, 0.4) is 0 Å². The molecule has 0 saturated carbocycles. The molecule has 80 valence electrons. The molecule has 1 rings (SSSR count). The van der Waals surface area contributed by atoms with Crippen molar-refractivity contribution in [3.05, 3.63) is 0 Å². The van der Waals surface area contributed by atoms with Gasteiger partial charge < -0.3 is 10.2 Å². The van der Waals surface area contributed by atoms with E-state index in [9.17, 15) is 14.0 Å². The minimum absolute atomic E-state index is 0.105. The van der Waals surface area contributed by atoms with Crippen LogP contribution in [0.1, 0.15) is 12.8 Å². The van der Waals surface area contributed by atoms with Gasteiger partial charge in [-0.2, -0.15) is 0 Å². The van der Waals surface area contributed by atoms with Gasteiger partial charge in [-0.05, 0) is 12.8 Å². The monoisotopic (exact) mass is 222 g/mol. The molecule has 1 saturated heterocycles. The number of carbonyl (C=O) groups is 2. The van der Waals surface area contributed by atoms with Crippen LogP contribution < -0.4 is 5.32 Å². The molecule has 0 bridgehead atoms. The van der Waals surface area contributed by atoms with Gasteiger partial charge in [0, 0.05) is 13.1 Å². The van der Waals surface area contributed by atoms with Crippen LogP contribution in [0, 0.1) is 0 Å². The van der Waals surface area contributed by atoms with E-state index in [-0.39, 0.29) is 12.5 Å². The highest BCUT2D eigenvalue weighted by Gasteiger charge is 2.24. The Kier molecular flexibility index (Phi) is 4.13. The van der Waals surface area contributed by atoms with E-state index in [1.54, 1.807) is 0 Å². The van der Waals surface area contributed by atoms with Crippen molar-refractivity contribution >= 4 is 23.4 Å². The van der Waals surface area contributed by atoms with Crippen LogP contribution in [0.15, 0.2) is 0 Å². The van der Waals surface area contributed by atoms with Gasteiger partial charge in [-0.15, -0.1) is 0 Å². The molecule has 2 amide bonds. The van der Waals surface area contributed by atoms with E-state index >= 15 is 0 Å². The Morgan fingerprint density at radius 1 is 1.57 bits per heavy atom. The molecule has 0 radical (unpaired) electrons. The lowest BCUT2D eigenvalue weighted by molar-refractivity contribution is -0.138. The lowest BCUT2D eigenvalue weighted by Crippen LogP contribution is -2.45. The van der Waals surface area contributed by atoms with Crippen molar-refractivity contribution in [2.45, 2.75) is 18.5 Å². The largest absolute Gasteiger partial charge is 0.355 e. The Bertz CT molecular complexity index is 235. The fourth-order valence-electron chi connectivity index (χ4n) is 1.29. The Labute approximate surface area is 86.4 Å². The van der Waals surface area contributed by atoms with Crippen LogP contribution in [0.2, 0.25) is 0 Å². The third-order valence-electron chi connectivity index (χ3n) is 2.01. The van der Waals surface area contributed by atoms with Crippen LogP contribution >= 0.6 is 11.6 Å². The lowest BCUT2D eigenvalue weighted by atomic mass is 10.2. The fourth-order valence-corrected chi connectivity index (χ4v) is 1.43. The molecule has 6 heteroatoms. The number of amides is 2. The lowest BCUT2D eigenvalue weighted by Gasteiger charge is -2.24. The van der Waals surface area contributed by atoms with E-state index in [1.165, 1.54) is 0 Å². The zero-order valence-electron chi connectivity index (χ0n) is 7.63. The first kappa shape index (κ1) is 11.2. The highest BCUT2D eigenvalue weighted by atomic mass is 35.5. The topological polar surface area (TPSA) is 49.4 Å². The van der Waals surface area contributed by atoms with E-state index in [4.69, 9.17) is 11.6 Å². The number of hydrogen-bond acceptors (Lipinski definition) is 2. The van der Waals surface area contributed by atoms with Crippen molar-refractivity contribution in [3.8, 4) is 0 Å². The molecule has 4 nitrogen and oxygen atoms in total. The summed E-state index contributed by atoms with van der Waals surface area (Å²) in [5, 5.41) is 2.61. The number of carbonyl (C=O) groups excluding carboxylic acids is 2. The molecule has 0 spiro atoms. The maximum absolute atomic E-state index is 12.5. The third kappa shape index (κ3) is 3.14. The van der Waals surface area contributed by atoms with E-state index < -0.39 is 11.5 Å². The summed E-state index contributed by atoms with van der Waals surface area (Å²) in [5.41, 5.74) is -2.05. The average Bonchev–Trinajstić information content (AvgIpc) is 2.09. The minimum atomic E-state index is -2.05. The molecule has 1 fully saturated rings. The van der Waals surface area contributed by atoms with Gasteiger partial charge in [0.25, 0.3) is 11.5 Å². The number of nitrogens with one attached hydrogen (secondary N) is 1. The molecule has 14 heavy (non-hydrogen) atoms. The summed E-state index contributed by atoms with van der Waals surface area (Å²) in [5.74, 6) is -1.10. The van der Waals surface area contributed by atoms with Crippen LogP contribution in [0.4, 0.5) is 4.39 Å². The first-order valence-electron chi connectivity index (χ1n) is 4.45. The highest BCUT2D eigenvalue weighted by molar-refractivity contribution is 6.29. The zero-order chi connectivity index (χ0) is 10.6. The molecule has 1 heterocycles. The molecular weight excluding hydrogens is 211 g/mol. The SMILES string of the molecule is O=C1CN(C(=O)C(F)Cl)CCCCN1. The number of nitrogens with zero attached hydrogens (tertiary/aromatic N) is 1. The quantitative estimate of drug-likeness (QED) is 0.647. The van der Waals surface area contributed by atoms with Crippen molar-refractivity contribution in [1.82, 2.24) is 10.2 Å². The number of halogens is 2. The number of rotatable bonds is 1. The Morgan fingerprint density at radius 2 is 2.29 bits per heavy atom. The Morgan fingerprint density at radius 3 is 2.93 bits per heavy atom. The van der Waals surface area contributed by atoms with Gasteiger partial charge >= 0.3 is 0 Å². The summed E-state index contributed by atoms with van der Waals surface area (Å²) < 4.78 is 12.5. The highest BCUT2D eigenvalue weighted by Crippen LogP contribution is 2.06. The van der Waals surface area contributed by atoms with Gasteiger partial charge in [0.05, 0.1) is 6.54 Å². The normalized spacial score (nSPS) is 20.7. The molecule has 1 aliphatic rings. The van der Waals surface area contributed by atoms with Crippen molar-refractivity contribution in [2.75, 3.05) is 19.6 Å². The van der Waals surface area contributed by atoms with Crippen molar-refractivity contribution in [1.29, 1.82) is 0 Å². The van der Waals surface area contributed by atoms with Gasteiger partial charge in [-0.1, -0.05) is 11.6 Å². The van der Waals surface area contributed by atoms with Gasteiger partial charge in [-0.25, -0.2) is 4.39 Å². The van der Waals surface area contributed by atoms with E-state index in [0.29, 0.717) is 13.1 Å². The molecule has 1 aliphatic heterocycles. The van der Waals surface area contributed by atoms with Gasteiger partial charge in [-0.3, -0.25) is 9.59 Å². The maximum Gasteiger partial charge on any atom is 0.273 e. The van der Waals surface area contributed by atoms with Crippen LogP contribution in [-0.2, 0) is 9.59 Å². The number of alkyl halides is 2. The van der Waals surface area contributed by atoms with Gasteiger partial charge in [0.15, 0.2) is 0 Å². The fraction of sp³-hybridized carbons (Fsp3) is 0.750. The van der Waals surface area contributed by atoms with Crippen molar-refractivity contribution in [3.63, 3.8) is 0 Å². The first-order valence-corrected chi connectivity index (χ1v) is 4.88. The molecule has 1 N–H and O–H groups in total. The molecule has 0 aromatic rings. The molecule has 0 aromatic heterocycles. The smallest absolute Gasteiger partial charge is 0.273 e. The van der Waals surface area contributed by atoms with Gasteiger partial charge in [0.2, 0.25) is 5.91 Å². The summed E-state index contributed by atoms with van der Waals surface area (Å²) in [6, 6.07) is 0. The molecule has 1 unspecified atom stereocenters. The van der Waals surface area contributed by atoms with Crippen LogP contribution in [-0.4, -0.2) is 42.0 Å². The Balaban J connectivity index is 2.56. The van der Waals surface area contributed by atoms with E-state index in [1.807, 2.05) is 0 Å². The third-order valence-corrected chi connectivity index (χ3v) is 2.20. The second kappa shape index (κ2) is 5.14. The summed E-state index contributed by atoms with van der Waals surface area (Å²) >= 11 is 5.01. The first-order chi connectivity index (χ1) is 6.61. The summed E-state index contributed by atoms with van der Waals surface area (Å²) in [6.45, 7) is 0.895. The zero-order valence-corrected chi connectivity index (χ0v) is 8.39. The summed E-state index contributed by atoms with van der Waals surface area (Å²) in [6.07, 6.45) is 1.53.